The molecule has 0 saturated carbocycles. The van der Waals surface area contributed by atoms with Gasteiger partial charge in [0.15, 0.2) is 17.3 Å². The number of amides is 2. The molecule has 2 amide bonds. The van der Waals surface area contributed by atoms with E-state index in [0.717, 1.165) is 11.0 Å². The Labute approximate surface area is 249 Å². The average Bonchev–Trinajstić information content (AvgIpc) is 3.25. The number of carbonyl (C=O) groups excluding carboxylic acids is 5. The number of aromatic hydroxyl groups is 1. The van der Waals surface area contributed by atoms with Crippen LogP contribution in [0.3, 0.4) is 0 Å². The maximum absolute atomic E-state index is 14.1. The number of hydrogen-bond donors (Lipinski definition) is 1. The number of phenols is 1. The number of anilines is 1. The number of carbonyl (C=O) groups is 5. The zero-order valence-corrected chi connectivity index (χ0v) is 24.1. The van der Waals surface area contributed by atoms with Crippen molar-refractivity contribution in [2.75, 3.05) is 4.90 Å². The lowest BCUT2D eigenvalue weighted by molar-refractivity contribution is -0.123. The van der Waals surface area contributed by atoms with Crippen LogP contribution in [0.5, 0.6) is 5.75 Å². The van der Waals surface area contributed by atoms with E-state index in [1.54, 1.807) is 36.4 Å². The van der Waals surface area contributed by atoms with E-state index in [1.807, 2.05) is 30.3 Å². The summed E-state index contributed by atoms with van der Waals surface area (Å²) >= 11 is 3.24. The highest BCUT2D eigenvalue weighted by Crippen LogP contribution is 2.57. The van der Waals surface area contributed by atoms with Crippen molar-refractivity contribution < 1.29 is 29.1 Å². The van der Waals surface area contributed by atoms with Gasteiger partial charge < -0.3 is 5.11 Å². The van der Waals surface area contributed by atoms with Gasteiger partial charge in [0.2, 0.25) is 11.8 Å². The first-order valence-corrected chi connectivity index (χ1v) is 14.5. The zero-order chi connectivity index (χ0) is 29.4. The predicted octanol–water partition coefficient (Wildman–Crippen LogP) is 5.71. The van der Waals surface area contributed by atoms with E-state index in [2.05, 4.69) is 15.9 Å². The van der Waals surface area contributed by atoms with Gasteiger partial charge in [-0.1, -0.05) is 48.0 Å². The minimum Gasteiger partial charge on any atom is -0.507 e. The Morgan fingerprint density at radius 1 is 0.929 bits per heavy atom. The van der Waals surface area contributed by atoms with Crippen LogP contribution in [0.25, 0.3) is 10.8 Å². The third-order valence-corrected chi connectivity index (χ3v) is 9.70. The van der Waals surface area contributed by atoms with Gasteiger partial charge in [-0.05, 0) is 71.3 Å². The molecule has 4 aliphatic rings. The highest BCUT2D eigenvalue weighted by Gasteiger charge is 2.57. The van der Waals surface area contributed by atoms with E-state index in [1.165, 1.54) is 17.9 Å². The molecule has 0 bridgehead atoms. The molecule has 7 nitrogen and oxygen atoms in total. The molecule has 0 unspecified atom stereocenters. The SMILES string of the molecule is CC(=O)c1ccc(N2C(=O)[C@H]3[C@H](CC=C4[C@H](c5ccc6ccccc6c5O)C5=C(C[C@H]43)C(=O)C(Br)=CC5=O)C2=O)cc1. The molecule has 4 atom stereocenters. The van der Waals surface area contributed by atoms with Gasteiger partial charge in [0.1, 0.15) is 5.75 Å². The molecule has 1 aliphatic heterocycles. The van der Waals surface area contributed by atoms with Crippen molar-refractivity contribution in [3.63, 3.8) is 0 Å². The standard InChI is InChI=1S/C34H24BrNO6/c1-16(37)17-6-9-19(10-7-17)36-33(41)23-13-12-21-24(29(23)34(36)42)14-25-30(27(38)15-26(35)32(25)40)28(21)22-11-8-18-4-2-3-5-20(18)31(22)39/h2-12,15,23-24,28-29,39H,13-14H2,1H3/t23-,24+,28+,29-/m0/s1. The Balaban J connectivity index is 1.37. The van der Waals surface area contributed by atoms with Gasteiger partial charge in [-0.15, -0.1) is 0 Å². The minimum atomic E-state index is -0.746. The molecule has 7 rings (SSSR count). The van der Waals surface area contributed by atoms with Gasteiger partial charge >= 0.3 is 0 Å². The largest absolute Gasteiger partial charge is 0.507 e. The fraction of sp³-hybridized carbons (Fsp3) is 0.206. The van der Waals surface area contributed by atoms with Crippen molar-refractivity contribution in [1.29, 1.82) is 0 Å². The lowest BCUT2D eigenvalue weighted by atomic mass is 9.59. The van der Waals surface area contributed by atoms with Crippen LogP contribution < -0.4 is 4.90 Å². The van der Waals surface area contributed by atoms with Gasteiger partial charge in [-0.3, -0.25) is 28.9 Å². The van der Waals surface area contributed by atoms with Crippen LogP contribution in [0.2, 0.25) is 0 Å². The molecule has 1 fully saturated rings. The zero-order valence-electron chi connectivity index (χ0n) is 22.5. The second-order valence-corrected chi connectivity index (χ2v) is 12.1. The van der Waals surface area contributed by atoms with Crippen LogP contribution in [-0.2, 0) is 19.2 Å². The summed E-state index contributed by atoms with van der Waals surface area (Å²) in [6, 6.07) is 17.4. The fourth-order valence-corrected chi connectivity index (χ4v) is 7.61. The number of allylic oxidation sites excluding steroid dienone is 6. The lowest BCUT2D eigenvalue weighted by Crippen LogP contribution is -2.39. The maximum atomic E-state index is 14.1. The molecular formula is C34H24BrNO6. The van der Waals surface area contributed by atoms with Gasteiger partial charge in [-0.25, -0.2) is 0 Å². The number of benzene rings is 3. The Morgan fingerprint density at radius 3 is 2.40 bits per heavy atom. The van der Waals surface area contributed by atoms with E-state index < -0.39 is 23.7 Å². The molecule has 3 aromatic rings. The number of ketones is 3. The van der Waals surface area contributed by atoms with Gasteiger partial charge in [0.25, 0.3) is 0 Å². The first kappa shape index (κ1) is 26.5. The van der Waals surface area contributed by atoms with Crippen molar-refractivity contribution in [3.05, 3.63) is 105 Å². The normalized spacial score (nSPS) is 25.2. The molecule has 42 heavy (non-hydrogen) atoms. The number of phenolic OH excluding ortho intramolecular Hbond substituents is 1. The predicted molar refractivity (Wildman–Crippen MR) is 159 cm³/mol. The van der Waals surface area contributed by atoms with Crippen LogP contribution in [0.1, 0.15) is 41.6 Å². The summed E-state index contributed by atoms with van der Waals surface area (Å²) in [5.41, 5.74) is 2.73. The molecule has 3 aromatic carbocycles. The molecule has 0 spiro atoms. The van der Waals surface area contributed by atoms with Crippen LogP contribution in [0.15, 0.2) is 94.0 Å². The van der Waals surface area contributed by atoms with Crippen LogP contribution >= 0.6 is 15.9 Å². The number of halogens is 1. The summed E-state index contributed by atoms with van der Waals surface area (Å²) in [5.74, 6) is -4.08. The molecule has 8 heteroatoms. The van der Waals surface area contributed by atoms with Gasteiger partial charge in [0.05, 0.1) is 22.0 Å². The van der Waals surface area contributed by atoms with Crippen LogP contribution in [0, 0.1) is 17.8 Å². The highest BCUT2D eigenvalue weighted by atomic mass is 79.9. The molecular weight excluding hydrogens is 598 g/mol. The highest BCUT2D eigenvalue weighted by molar-refractivity contribution is 9.12. The minimum absolute atomic E-state index is 0.0171. The van der Waals surface area contributed by atoms with Crippen molar-refractivity contribution in [3.8, 4) is 5.75 Å². The Kier molecular flexibility index (Phi) is 6.02. The lowest BCUT2D eigenvalue weighted by Gasteiger charge is -2.42. The molecule has 1 N–H and O–H groups in total. The number of fused-ring (bicyclic) bond motifs is 4. The smallest absolute Gasteiger partial charge is 0.238 e. The average molecular weight is 622 g/mol. The number of rotatable bonds is 3. The van der Waals surface area contributed by atoms with Crippen LogP contribution in [-0.4, -0.2) is 34.3 Å². The summed E-state index contributed by atoms with van der Waals surface area (Å²) < 4.78 is 0.147. The van der Waals surface area contributed by atoms with Crippen molar-refractivity contribution in [1.82, 2.24) is 0 Å². The van der Waals surface area contributed by atoms with E-state index >= 15 is 0 Å². The molecule has 1 heterocycles. The second-order valence-electron chi connectivity index (χ2n) is 11.2. The van der Waals surface area contributed by atoms with Crippen molar-refractivity contribution >= 4 is 61.6 Å². The van der Waals surface area contributed by atoms with Gasteiger partial charge in [-0.2, -0.15) is 0 Å². The van der Waals surface area contributed by atoms with Gasteiger partial charge in [0, 0.05) is 39.7 Å². The summed E-state index contributed by atoms with van der Waals surface area (Å²) in [6.07, 6.45) is 3.62. The van der Waals surface area contributed by atoms with Crippen molar-refractivity contribution in [2.45, 2.75) is 25.7 Å². The molecule has 208 valence electrons. The Bertz CT molecular complexity index is 1880. The molecule has 3 aliphatic carbocycles. The Morgan fingerprint density at radius 2 is 1.67 bits per heavy atom. The topological polar surface area (TPSA) is 109 Å². The summed E-state index contributed by atoms with van der Waals surface area (Å²) in [6.45, 7) is 1.45. The fourth-order valence-electron chi connectivity index (χ4n) is 7.17. The van der Waals surface area contributed by atoms with E-state index in [0.29, 0.717) is 33.3 Å². The number of imide groups is 1. The van der Waals surface area contributed by atoms with E-state index in [4.69, 9.17) is 0 Å². The molecule has 0 radical (unpaired) electrons. The Hall–Kier alpha value is -4.43. The van der Waals surface area contributed by atoms with E-state index in [-0.39, 0.29) is 52.2 Å². The first-order valence-electron chi connectivity index (χ1n) is 13.8. The third kappa shape index (κ3) is 3.74. The molecule has 0 aromatic heterocycles. The quantitative estimate of drug-likeness (QED) is 0.174. The number of Topliss-reactive ketones (excluding diaryl/α,β-unsaturated/α-hetero) is 2. The number of nitrogens with zero attached hydrogens (tertiary/aromatic N) is 1. The van der Waals surface area contributed by atoms with Crippen LogP contribution in [0.4, 0.5) is 5.69 Å². The summed E-state index contributed by atoms with van der Waals surface area (Å²) in [7, 11) is 0. The number of hydrogen-bond acceptors (Lipinski definition) is 6. The summed E-state index contributed by atoms with van der Waals surface area (Å²) in [5, 5.41) is 12.9. The monoisotopic (exact) mass is 621 g/mol. The second kappa shape index (κ2) is 9.56. The summed E-state index contributed by atoms with van der Waals surface area (Å²) in [4.78, 5) is 67.6. The van der Waals surface area contributed by atoms with Crippen molar-refractivity contribution in [2.24, 2.45) is 17.8 Å². The third-order valence-electron chi connectivity index (χ3n) is 9.11. The molecule has 1 saturated heterocycles. The van der Waals surface area contributed by atoms with E-state index in [9.17, 15) is 29.1 Å². The maximum Gasteiger partial charge on any atom is 0.238 e. The first-order chi connectivity index (χ1) is 20.2.